The summed E-state index contributed by atoms with van der Waals surface area (Å²) in [6.07, 6.45) is 9.89. The largest absolute Gasteiger partial charge is 0.390 e. The van der Waals surface area contributed by atoms with Crippen molar-refractivity contribution < 1.29 is 9.90 Å². The standard InChI is InChI=1S/C20H29N3O2/c1-19(9-14-8-15-10-20(25,13-19)11-17(14)15)22-12-18(24)23-7-3-4-16(23)5-6-21-2/h5,9,15-17,22,25H,3-4,7-8,10-13H2,1-2H3. The molecule has 5 atom stereocenters. The van der Waals surface area contributed by atoms with Gasteiger partial charge in [0.15, 0.2) is 0 Å². The Kier molecular flexibility index (Phi) is 4.14. The second kappa shape index (κ2) is 6.08. The fourth-order valence-corrected chi connectivity index (χ4v) is 5.61. The molecule has 1 saturated heterocycles. The molecule has 0 aromatic carbocycles. The first-order valence-corrected chi connectivity index (χ1v) is 9.58. The molecule has 5 unspecified atom stereocenters. The maximum atomic E-state index is 12.7. The Balaban J connectivity index is 1.42. The molecular formula is C20H29N3O2. The van der Waals surface area contributed by atoms with Crippen LogP contribution in [0.4, 0.5) is 0 Å². The number of nitrogens with zero attached hydrogens (tertiary/aromatic N) is 2. The van der Waals surface area contributed by atoms with Gasteiger partial charge in [-0.1, -0.05) is 11.6 Å². The molecule has 5 nitrogen and oxygen atoms in total. The van der Waals surface area contributed by atoms with Crippen LogP contribution < -0.4 is 5.32 Å². The highest BCUT2D eigenvalue weighted by Crippen LogP contribution is 2.59. The molecule has 0 aromatic rings. The smallest absolute Gasteiger partial charge is 0.237 e. The minimum Gasteiger partial charge on any atom is -0.390 e. The van der Waals surface area contributed by atoms with Gasteiger partial charge in [-0.2, -0.15) is 0 Å². The highest BCUT2D eigenvalue weighted by molar-refractivity contribution is 5.79. The molecule has 2 N–H and O–H groups in total. The number of nitrogens with one attached hydrogen (secondary N) is 1. The summed E-state index contributed by atoms with van der Waals surface area (Å²) >= 11 is 0. The van der Waals surface area contributed by atoms with E-state index in [9.17, 15) is 9.90 Å². The number of aliphatic hydroxyl groups is 1. The first kappa shape index (κ1) is 17.0. The van der Waals surface area contributed by atoms with Gasteiger partial charge in [0, 0.05) is 19.1 Å². The van der Waals surface area contributed by atoms with Crippen molar-refractivity contribution in [2.24, 2.45) is 16.8 Å². The lowest BCUT2D eigenvalue weighted by molar-refractivity contribution is -0.130. The zero-order chi connectivity index (χ0) is 17.7. The number of carbonyl (C=O) groups excluding carboxylic acids is 1. The maximum absolute atomic E-state index is 12.7. The van der Waals surface area contributed by atoms with Crippen LogP contribution in [0.25, 0.3) is 0 Å². The minimum atomic E-state index is -0.564. The number of rotatable bonds is 4. The Bertz CT molecular complexity index is 666. The van der Waals surface area contributed by atoms with Crippen molar-refractivity contribution in [3.8, 4) is 0 Å². The molecule has 1 heterocycles. The Morgan fingerprint density at radius 3 is 3.20 bits per heavy atom. The zero-order valence-electron chi connectivity index (χ0n) is 15.3. The summed E-state index contributed by atoms with van der Waals surface area (Å²) in [5.74, 6) is 4.29. The first-order chi connectivity index (χ1) is 11.9. The van der Waals surface area contributed by atoms with Crippen LogP contribution in [0.1, 0.15) is 45.4 Å². The highest BCUT2D eigenvalue weighted by Gasteiger charge is 2.55. The summed E-state index contributed by atoms with van der Waals surface area (Å²) in [5, 5.41) is 14.4. The van der Waals surface area contributed by atoms with Gasteiger partial charge in [0.1, 0.15) is 0 Å². The van der Waals surface area contributed by atoms with Gasteiger partial charge in [-0.25, -0.2) is 4.99 Å². The van der Waals surface area contributed by atoms with Crippen molar-refractivity contribution in [2.45, 2.75) is 62.6 Å². The molecule has 3 fully saturated rings. The van der Waals surface area contributed by atoms with Gasteiger partial charge in [-0.3, -0.25) is 10.1 Å². The average Bonchev–Trinajstić information content (AvgIpc) is 3.09. The topological polar surface area (TPSA) is 64.9 Å². The van der Waals surface area contributed by atoms with E-state index in [1.54, 1.807) is 7.05 Å². The van der Waals surface area contributed by atoms with Crippen LogP contribution in [0.5, 0.6) is 0 Å². The normalized spacial score (nSPS) is 41.5. The molecular weight excluding hydrogens is 314 g/mol. The van der Waals surface area contributed by atoms with E-state index in [-0.39, 0.29) is 17.5 Å². The molecule has 25 heavy (non-hydrogen) atoms. The number of allylic oxidation sites excluding steroid dienone is 1. The number of aliphatic imine (C=N–C) groups is 1. The molecule has 5 heteroatoms. The van der Waals surface area contributed by atoms with Crippen molar-refractivity contribution in [3.63, 3.8) is 0 Å². The van der Waals surface area contributed by atoms with Gasteiger partial charge in [0.05, 0.1) is 18.2 Å². The second-order valence-electron chi connectivity index (χ2n) is 8.69. The van der Waals surface area contributed by atoms with Crippen LogP contribution in [0.15, 0.2) is 22.7 Å². The highest BCUT2D eigenvalue weighted by atomic mass is 16.3. The third-order valence-electron chi connectivity index (χ3n) is 6.64. The number of hydrogen-bond donors (Lipinski definition) is 2. The van der Waals surface area contributed by atoms with E-state index in [2.05, 4.69) is 29.2 Å². The van der Waals surface area contributed by atoms with Crippen molar-refractivity contribution in [2.75, 3.05) is 20.1 Å². The van der Waals surface area contributed by atoms with Gasteiger partial charge in [0.2, 0.25) is 5.91 Å². The van der Waals surface area contributed by atoms with Crippen molar-refractivity contribution in [1.29, 1.82) is 0 Å². The van der Waals surface area contributed by atoms with Crippen LogP contribution in [-0.2, 0) is 4.79 Å². The van der Waals surface area contributed by atoms with Gasteiger partial charge < -0.3 is 10.0 Å². The second-order valence-corrected chi connectivity index (χ2v) is 8.69. The van der Waals surface area contributed by atoms with Gasteiger partial charge in [-0.05, 0) is 69.2 Å². The summed E-state index contributed by atoms with van der Waals surface area (Å²) in [6, 6.07) is 0.117. The van der Waals surface area contributed by atoms with Crippen LogP contribution in [0.3, 0.4) is 0 Å². The summed E-state index contributed by atoms with van der Waals surface area (Å²) < 4.78 is 0. The molecule has 3 aliphatic carbocycles. The van der Waals surface area contributed by atoms with E-state index >= 15 is 0 Å². The van der Waals surface area contributed by atoms with Crippen molar-refractivity contribution in [3.05, 3.63) is 17.7 Å². The van der Waals surface area contributed by atoms with Crippen LogP contribution in [0, 0.1) is 11.8 Å². The van der Waals surface area contributed by atoms with E-state index < -0.39 is 5.60 Å². The van der Waals surface area contributed by atoms with E-state index in [0.29, 0.717) is 24.8 Å². The molecule has 4 aliphatic rings. The third-order valence-corrected chi connectivity index (χ3v) is 6.64. The number of likely N-dealkylation sites (tertiary alicyclic amines) is 1. The summed E-state index contributed by atoms with van der Waals surface area (Å²) in [4.78, 5) is 18.5. The first-order valence-electron chi connectivity index (χ1n) is 9.58. The fourth-order valence-electron chi connectivity index (χ4n) is 5.61. The molecule has 1 aliphatic heterocycles. The quantitative estimate of drug-likeness (QED) is 0.603. The van der Waals surface area contributed by atoms with E-state index in [1.807, 2.05) is 11.0 Å². The molecule has 0 spiro atoms. The van der Waals surface area contributed by atoms with Crippen molar-refractivity contribution >= 4 is 11.8 Å². The molecule has 2 bridgehead atoms. The molecule has 0 aromatic heterocycles. The molecule has 1 amide bonds. The predicted molar refractivity (Wildman–Crippen MR) is 97.6 cm³/mol. The van der Waals surface area contributed by atoms with E-state index in [4.69, 9.17) is 0 Å². The Morgan fingerprint density at radius 1 is 1.56 bits per heavy atom. The molecule has 136 valence electrons. The number of fused-ring (bicyclic) bond motifs is 1. The van der Waals surface area contributed by atoms with Crippen LogP contribution in [0.2, 0.25) is 0 Å². The monoisotopic (exact) mass is 343 g/mol. The van der Waals surface area contributed by atoms with E-state index in [0.717, 1.165) is 38.6 Å². The van der Waals surface area contributed by atoms with Gasteiger partial charge in [-0.15, -0.1) is 0 Å². The summed E-state index contributed by atoms with van der Waals surface area (Å²) in [5.41, 5.74) is 0.628. The average molecular weight is 343 g/mol. The van der Waals surface area contributed by atoms with Gasteiger partial charge in [0.25, 0.3) is 0 Å². The predicted octanol–water partition coefficient (Wildman–Crippen LogP) is 1.67. The maximum Gasteiger partial charge on any atom is 0.237 e. The number of carbonyl (C=O) groups is 1. The lowest BCUT2D eigenvalue weighted by Gasteiger charge is -2.40. The Hall–Kier alpha value is -1.42. The van der Waals surface area contributed by atoms with Crippen LogP contribution >= 0.6 is 0 Å². The molecule has 2 saturated carbocycles. The molecule has 4 rings (SSSR count). The summed E-state index contributed by atoms with van der Waals surface area (Å²) in [6.45, 7) is 3.25. The Labute approximate surface area is 149 Å². The zero-order valence-corrected chi connectivity index (χ0v) is 15.3. The lowest BCUT2D eigenvalue weighted by Crippen LogP contribution is -2.51. The lowest BCUT2D eigenvalue weighted by atomic mass is 9.69. The van der Waals surface area contributed by atoms with Crippen molar-refractivity contribution in [1.82, 2.24) is 10.2 Å². The SMILES string of the molecule is CN=C=CC1CCCN1C(=O)CNC1(C)C=C2CC3CC(O)(CC23)C1. The number of hydrogen-bond acceptors (Lipinski definition) is 4. The van der Waals surface area contributed by atoms with Crippen LogP contribution in [-0.4, -0.2) is 59.1 Å². The Morgan fingerprint density at radius 2 is 2.40 bits per heavy atom. The third kappa shape index (κ3) is 3.10. The van der Waals surface area contributed by atoms with Gasteiger partial charge >= 0.3 is 0 Å². The summed E-state index contributed by atoms with van der Waals surface area (Å²) in [7, 11) is 1.70. The fraction of sp³-hybridized carbons (Fsp3) is 0.750. The number of amides is 1. The molecule has 0 radical (unpaired) electrons. The van der Waals surface area contributed by atoms with E-state index in [1.165, 1.54) is 5.57 Å². The minimum absolute atomic E-state index is 0.117.